The van der Waals surface area contributed by atoms with Gasteiger partial charge in [-0.1, -0.05) is 18.2 Å². The molecule has 4 rings (SSSR count). The predicted octanol–water partition coefficient (Wildman–Crippen LogP) is 2.21. The first kappa shape index (κ1) is 16.1. The van der Waals surface area contributed by atoms with Crippen molar-refractivity contribution in [3.63, 3.8) is 0 Å². The smallest absolute Gasteiger partial charge is 0.269 e. The topological polar surface area (TPSA) is 113 Å². The zero-order valence-electron chi connectivity index (χ0n) is 14.3. The lowest BCUT2D eigenvalue weighted by atomic mass is 9.88. The number of rotatable bonds is 3. The van der Waals surface area contributed by atoms with Gasteiger partial charge in [0.15, 0.2) is 5.82 Å². The highest BCUT2D eigenvalue weighted by molar-refractivity contribution is 6.00. The number of aromatic nitrogens is 3. The summed E-state index contributed by atoms with van der Waals surface area (Å²) in [4.78, 5) is 28.9. The quantitative estimate of drug-likeness (QED) is 0.669. The van der Waals surface area contributed by atoms with Crippen molar-refractivity contribution in [1.82, 2.24) is 20.5 Å². The van der Waals surface area contributed by atoms with Crippen LogP contribution in [-0.2, 0) is 4.79 Å². The third-order valence-electron chi connectivity index (χ3n) is 4.44. The van der Waals surface area contributed by atoms with Crippen molar-refractivity contribution in [2.45, 2.75) is 19.3 Å². The molecule has 1 aliphatic heterocycles. The van der Waals surface area contributed by atoms with Gasteiger partial charge in [0, 0.05) is 30.5 Å². The molecule has 3 heterocycles. The number of oxazole rings is 1. The van der Waals surface area contributed by atoms with Gasteiger partial charge in [0.25, 0.3) is 5.91 Å². The van der Waals surface area contributed by atoms with Crippen LogP contribution in [0, 0.1) is 6.92 Å². The summed E-state index contributed by atoms with van der Waals surface area (Å²) in [6, 6.07) is 9.53. The van der Waals surface area contributed by atoms with Crippen LogP contribution >= 0.6 is 0 Å². The second-order valence-electron chi connectivity index (χ2n) is 6.07. The Hall–Kier alpha value is -3.42. The van der Waals surface area contributed by atoms with Crippen LogP contribution < -0.4 is 10.6 Å². The van der Waals surface area contributed by atoms with Gasteiger partial charge in [-0.2, -0.15) is 5.10 Å². The maximum absolute atomic E-state index is 12.2. The summed E-state index contributed by atoms with van der Waals surface area (Å²) in [5, 5.41) is 12.1. The molecule has 1 atom stereocenters. The number of nitrogens with zero attached hydrogens (tertiary/aromatic N) is 2. The van der Waals surface area contributed by atoms with E-state index in [2.05, 4.69) is 25.8 Å². The van der Waals surface area contributed by atoms with E-state index in [4.69, 9.17) is 4.42 Å². The molecule has 0 saturated carbocycles. The van der Waals surface area contributed by atoms with Crippen LogP contribution in [0.15, 0.2) is 34.7 Å². The lowest BCUT2D eigenvalue weighted by Crippen LogP contribution is -2.27. The van der Waals surface area contributed by atoms with Crippen LogP contribution in [0.5, 0.6) is 0 Å². The summed E-state index contributed by atoms with van der Waals surface area (Å²) in [5.74, 6) is 0.555. The highest BCUT2D eigenvalue weighted by Gasteiger charge is 2.36. The maximum atomic E-state index is 12.2. The normalized spacial score (nSPS) is 16.1. The number of nitrogens with one attached hydrogen (secondary N) is 3. The Morgan fingerprint density at radius 2 is 2.08 bits per heavy atom. The summed E-state index contributed by atoms with van der Waals surface area (Å²) >= 11 is 0. The number of hydrogen-bond acceptors (Lipinski definition) is 5. The number of aromatic amines is 1. The van der Waals surface area contributed by atoms with E-state index < -0.39 is 5.92 Å². The van der Waals surface area contributed by atoms with Gasteiger partial charge in [0.2, 0.25) is 11.8 Å². The maximum Gasteiger partial charge on any atom is 0.269 e. The standard InChI is InChI=1S/C18H17N5O3/c1-9-14(21-18(26-9)10-6-4-3-5-7-10)11-8-12(24)20-16-13(11)15(22-23-16)17(25)19-2/h3-7,11H,8H2,1-2H3,(H,19,25)(H2,20,22,23,24)/t11-/m1/s1. The number of aryl methyl sites for hydroxylation is 1. The number of fused-ring (bicyclic) bond motifs is 1. The molecule has 26 heavy (non-hydrogen) atoms. The average molecular weight is 351 g/mol. The number of benzene rings is 1. The van der Waals surface area contributed by atoms with Gasteiger partial charge in [-0.25, -0.2) is 4.98 Å². The fourth-order valence-electron chi connectivity index (χ4n) is 3.22. The zero-order chi connectivity index (χ0) is 18.3. The summed E-state index contributed by atoms with van der Waals surface area (Å²) in [5.41, 5.74) is 2.42. The SMILES string of the molecule is CNC(=O)c1[nH]nc2c1[C@H](c1nc(-c3ccccc3)oc1C)CC(=O)N2. The first-order valence-corrected chi connectivity index (χ1v) is 8.21. The molecule has 1 aliphatic rings. The molecule has 0 radical (unpaired) electrons. The van der Waals surface area contributed by atoms with Crippen molar-refractivity contribution in [3.05, 3.63) is 53.0 Å². The van der Waals surface area contributed by atoms with Crippen molar-refractivity contribution in [1.29, 1.82) is 0 Å². The molecule has 8 nitrogen and oxygen atoms in total. The van der Waals surface area contributed by atoms with Crippen LogP contribution in [0.1, 0.15) is 39.8 Å². The predicted molar refractivity (Wildman–Crippen MR) is 93.7 cm³/mol. The van der Waals surface area contributed by atoms with Crippen LogP contribution in [0.4, 0.5) is 5.82 Å². The minimum atomic E-state index is -0.411. The Kier molecular flexibility index (Phi) is 3.80. The lowest BCUT2D eigenvalue weighted by Gasteiger charge is -2.21. The fraction of sp³-hybridized carbons (Fsp3) is 0.222. The molecule has 0 saturated heterocycles. The van der Waals surface area contributed by atoms with Crippen molar-refractivity contribution < 1.29 is 14.0 Å². The molecule has 0 fully saturated rings. The Morgan fingerprint density at radius 1 is 1.31 bits per heavy atom. The molecule has 0 unspecified atom stereocenters. The molecule has 0 aliphatic carbocycles. The highest BCUT2D eigenvalue weighted by Crippen LogP contribution is 2.40. The van der Waals surface area contributed by atoms with E-state index in [-0.39, 0.29) is 18.2 Å². The third kappa shape index (κ3) is 2.55. The fourth-order valence-corrected chi connectivity index (χ4v) is 3.22. The van der Waals surface area contributed by atoms with Crippen molar-refractivity contribution in [3.8, 4) is 11.5 Å². The molecule has 132 valence electrons. The molecular weight excluding hydrogens is 334 g/mol. The Bertz CT molecular complexity index is 990. The van der Waals surface area contributed by atoms with E-state index in [9.17, 15) is 9.59 Å². The second kappa shape index (κ2) is 6.14. The Labute approximate surface area is 149 Å². The van der Waals surface area contributed by atoms with E-state index in [1.165, 1.54) is 0 Å². The van der Waals surface area contributed by atoms with Gasteiger partial charge in [-0.15, -0.1) is 0 Å². The Balaban J connectivity index is 1.82. The summed E-state index contributed by atoms with van der Waals surface area (Å²) in [7, 11) is 1.54. The van der Waals surface area contributed by atoms with Gasteiger partial charge in [-0.05, 0) is 19.1 Å². The summed E-state index contributed by atoms with van der Waals surface area (Å²) < 4.78 is 5.83. The van der Waals surface area contributed by atoms with E-state index in [0.717, 1.165) is 5.56 Å². The number of carbonyl (C=O) groups is 2. The second-order valence-corrected chi connectivity index (χ2v) is 6.07. The largest absolute Gasteiger partial charge is 0.441 e. The van der Waals surface area contributed by atoms with Crippen LogP contribution in [0.25, 0.3) is 11.5 Å². The van der Waals surface area contributed by atoms with Crippen LogP contribution in [0.2, 0.25) is 0 Å². The zero-order valence-corrected chi connectivity index (χ0v) is 14.3. The lowest BCUT2D eigenvalue weighted by molar-refractivity contribution is -0.116. The molecule has 0 bridgehead atoms. The molecule has 8 heteroatoms. The van der Waals surface area contributed by atoms with Crippen LogP contribution in [0.3, 0.4) is 0 Å². The molecule has 3 aromatic rings. The molecule has 0 spiro atoms. The number of anilines is 1. The molecule has 2 aromatic heterocycles. The van der Waals surface area contributed by atoms with Crippen molar-refractivity contribution in [2.75, 3.05) is 12.4 Å². The average Bonchev–Trinajstić information content (AvgIpc) is 3.25. The third-order valence-corrected chi connectivity index (χ3v) is 4.44. The minimum Gasteiger partial charge on any atom is -0.441 e. The molecule has 2 amide bonds. The first-order valence-electron chi connectivity index (χ1n) is 8.21. The van der Waals surface area contributed by atoms with Crippen molar-refractivity contribution >= 4 is 17.6 Å². The number of amides is 2. The summed E-state index contributed by atoms with van der Waals surface area (Å²) in [6.45, 7) is 1.81. The van der Waals surface area contributed by atoms with Gasteiger partial charge in [0.05, 0.1) is 5.69 Å². The van der Waals surface area contributed by atoms with E-state index >= 15 is 0 Å². The van der Waals surface area contributed by atoms with Gasteiger partial charge in [0.1, 0.15) is 11.5 Å². The van der Waals surface area contributed by atoms with Crippen LogP contribution in [-0.4, -0.2) is 34.0 Å². The highest BCUT2D eigenvalue weighted by atomic mass is 16.4. The van der Waals surface area contributed by atoms with Gasteiger partial charge >= 0.3 is 0 Å². The van der Waals surface area contributed by atoms with E-state index in [1.54, 1.807) is 14.0 Å². The van der Waals surface area contributed by atoms with E-state index in [1.807, 2.05) is 30.3 Å². The number of carbonyl (C=O) groups excluding carboxylic acids is 2. The number of H-pyrrole nitrogens is 1. The van der Waals surface area contributed by atoms with E-state index in [0.29, 0.717) is 34.4 Å². The van der Waals surface area contributed by atoms with Gasteiger partial charge in [-0.3, -0.25) is 14.7 Å². The monoisotopic (exact) mass is 351 g/mol. The van der Waals surface area contributed by atoms with Crippen molar-refractivity contribution in [2.24, 2.45) is 0 Å². The Morgan fingerprint density at radius 3 is 2.81 bits per heavy atom. The molecule has 3 N–H and O–H groups in total. The molecule has 1 aromatic carbocycles. The van der Waals surface area contributed by atoms with Gasteiger partial charge < -0.3 is 15.1 Å². The molecular formula is C18H17N5O3. The first-order chi connectivity index (χ1) is 12.6. The number of hydrogen-bond donors (Lipinski definition) is 3. The minimum absolute atomic E-state index is 0.165. The summed E-state index contributed by atoms with van der Waals surface area (Å²) in [6.07, 6.45) is 0.165.